The summed E-state index contributed by atoms with van der Waals surface area (Å²) >= 11 is 4.99. The van der Waals surface area contributed by atoms with Gasteiger partial charge in [0, 0.05) is 9.35 Å². The van der Waals surface area contributed by atoms with Crippen LogP contribution in [0.2, 0.25) is 0 Å². The van der Waals surface area contributed by atoms with Crippen molar-refractivity contribution in [2.24, 2.45) is 0 Å². The van der Waals surface area contributed by atoms with Crippen molar-refractivity contribution in [2.75, 3.05) is 5.32 Å². The van der Waals surface area contributed by atoms with Gasteiger partial charge in [0.2, 0.25) is 0 Å². The van der Waals surface area contributed by atoms with Crippen LogP contribution in [0.3, 0.4) is 0 Å². The smallest absolute Gasteiger partial charge is 0.147 e. The first kappa shape index (κ1) is 13.2. The third kappa shape index (κ3) is 2.22. The van der Waals surface area contributed by atoms with Crippen molar-refractivity contribution in [1.29, 1.82) is 0 Å². The Kier molecular flexibility index (Phi) is 3.15. The number of nitrogens with one attached hydrogen (secondary N) is 1. The Morgan fingerprint density at radius 3 is 3.00 bits per heavy atom. The second-order valence-corrected chi connectivity index (χ2v) is 7.01. The normalized spacial score (nSPS) is 13.6. The highest BCUT2D eigenvalue weighted by atomic mass is 79.9. The number of hydrogen-bond acceptors (Lipinski definition) is 4. The molecule has 0 fully saturated rings. The van der Waals surface area contributed by atoms with Gasteiger partial charge in [-0.25, -0.2) is 14.4 Å². The van der Waals surface area contributed by atoms with E-state index in [1.165, 1.54) is 29.3 Å². The standard InChI is InChI=1S/C15H11BrFN3S/c16-8-4-5-11(10(17)6-8)20-14-13-9-2-1-3-12(9)21-15(13)19-7-18-14/h4-7H,1-3H2,(H,18,19,20). The van der Waals surface area contributed by atoms with Crippen molar-refractivity contribution in [3.63, 3.8) is 0 Å². The van der Waals surface area contributed by atoms with Crippen LogP contribution in [0.25, 0.3) is 10.2 Å². The Morgan fingerprint density at radius 2 is 2.14 bits per heavy atom. The van der Waals surface area contributed by atoms with Crippen molar-refractivity contribution in [2.45, 2.75) is 19.3 Å². The molecule has 6 heteroatoms. The van der Waals surface area contributed by atoms with Crippen LogP contribution < -0.4 is 5.32 Å². The number of aromatic nitrogens is 2. The van der Waals surface area contributed by atoms with Crippen LogP contribution in [0, 0.1) is 5.82 Å². The molecule has 0 saturated carbocycles. The molecule has 1 aliphatic rings. The van der Waals surface area contributed by atoms with Crippen LogP contribution >= 0.6 is 27.3 Å². The molecule has 1 N–H and O–H groups in total. The van der Waals surface area contributed by atoms with E-state index in [4.69, 9.17) is 0 Å². The van der Waals surface area contributed by atoms with Crippen LogP contribution in [0.5, 0.6) is 0 Å². The Bertz CT molecular complexity index is 846. The fourth-order valence-electron chi connectivity index (χ4n) is 2.74. The summed E-state index contributed by atoms with van der Waals surface area (Å²) < 4.78 is 14.7. The second-order valence-electron chi connectivity index (χ2n) is 5.01. The summed E-state index contributed by atoms with van der Waals surface area (Å²) in [6.45, 7) is 0. The van der Waals surface area contributed by atoms with Crippen LogP contribution in [0.4, 0.5) is 15.9 Å². The predicted octanol–water partition coefficient (Wildman–Crippen LogP) is 4.83. The monoisotopic (exact) mass is 363 g/mol. The summed E-state index contributed by atoms with van der Waals surface area (Å²) in [7, 11) is 0. The lowest BCUT2D eigenvalue weighted by Crippen LogP contribution is -1.98. The average molecular weight is 364 g/mol. The molecule has 0 aliphatic heterocycles. The number of hydrogen-bond donors (Lipinski definition) is 1. The van der Waals surface area contributed by atoms with Crippen molar-refractivity contribution in [1.82, 2.24) is 9.97 Å². The molecule has 21 heavy (non-hydrogen) atoms. The maximum absolute atomic E-state index is 14.0. The molecular weight excluding hydrogens is 353 g/mol. The van der Waals surface area contributed by atoms with Gasteiger partial charge in [0.05, 0.1) is 11.1 Å². The lowest BCUT2D eigenvalue weighted by Gasteiger charge is -2.09. The second kappa shape index (κ2) is 5.03. The highest BCUT2D eigenvalue weighted by molar-refractivity contribution is 9.10. The lowest BCUT2D eigenvalue weighted by atomic mass is 10.2. The van der Waals surface area contributed by atoms with E-state index in [0.29, 0.717) is 11.5 Å². The molecule has 0 amide bonds. The van der Waals surface area contributed by atoms with Gasteiger partial charge in [0.15, 0.2) is 0 Å². The molecule has 2 heterocycles. The van der Waals surface area contributed by atoms with Crippen LogP contribution in [-0.4, -0.2) is 9.97 Å². The molecule has 1 aliphatic carbocycles. The van der Waals surface area contributed by atoms with Crippen molar-refractivity contribution in [3.8, 4) is 0 Å². The van der Waals surface area contributed by atoms with Gasteiger partial charge in [0.25, 0.3) is 0 Å². The maximum Gasteiger partial charge on any atom is 0.147 e. The summed E-state index contributed by atoms with van der Waals surface area (Å²) in [5.41, 5.74) is 1.76. The molecule has 0 spiro atoms. The van der Waals surface area contributed by atoms with E-state index in [-0.39, 0.29) is 5.82 Å². The zero-order valence-electron chi connectivity index (χ0n) is 11.0. The minimum atomic E-state index is -0.303. The third-order valence-corrected chi connectivity index (χ3v) is 5.38. The fourth-order valence-corrected chi connectivity index (χ4v) is 4.30. The fraction of sp³-hybridized carbons (Fsp3) is 0.200. The molecule has 0 saturated heterocycles. The van der Waals surface area contributed by atoms with E-state index >= 15 is 0 Å². The van der Waals surface area contributed by atoms with Gasteiger partial charge < -0.3 is 5.32 Å². The number of nitrogens with zero attached hydrogens (tertiary/aromatic N) is 2. The van der Waals surface area contributed by atoms with Gasteiger partial charge in [-0.1, -0.05) is 15.9 Å². The van der Waals surface area contributed by atoms with Crippen molar-refractivity contribution in [3.05, 3.63) is 45.3 Å². The van der Waals surface area contributed by atoms with E-state index in [1.807, 2.05) is 6.07 Å². The van der Waals surface area contributed by atoms with Crippen molar-refractivity contribution < 1.29 is 4.39 Å². The summed E-state index contributed by atoms with van der Waals surface area (Å²) in [5.74, 6) is 0.392. The number of anilines is 2. The molecule has 2 aromatic heterocycles. The molecule has 4 rings (SSSR count). The Morgan fingerprint density at radius 1 is 1.24 bits per heavy atom. The molecule has 106 valence electrons. The molecule has 3 nitrogen and oxygen atoms in total. The molecule has 3 aromatic rings. The maximum atomic E-state index is 14.0. The number of fused-ring (bicyclic) bond motifs is 3. The lowest BCUT2D eigenvalue weighted by molar-refractivity contribution is 0.631. The topological polar surface area (TPSA) is 37.8 Å². The molecule has 0 radical (unpaired) electrons. The average Bonchev–Trinajstić information content (AvgIpc) is 3.02. The van der Waals surface area contributed by atoms with Gasteiger partial charge >= 0.3 is 0 Å². The Hall–Kier alpha value is -1.53. The first-order chi connectivity index (χ1) is 10.2. The van der Waals surface area contributed by atoms with E-state index < -0.39 is 0 Å². The molecular formula is C15H11BrFN3S. The van der Waals surface area contributed by atoms with Gasteiger partial charge in [-0.3, -0.25) is 0 Å². The van der Waals surface area contributed by atoms with E-state index in [9.17, 15) is 4.39 Å². The molecule has 1 aromatic carbocycles. The van der Waals surface area contributed by atoms with Gasteiger partial charge in [-0.2, -0.15) is 0 Å². The van der Waals surface area contributed by atoms with E-state index in [2.05, 4.69) is 31.2 Å². The minimum Gasteiger partial charge on any atom is -0.337 e. The van der Waals surface area contributed by atoms with Crippen LogP contribution in [0.1, 0.15) is 16.9 Å². The predicted molar refractivity (Wildman–Crippen MR) is 86.8 cm³/mol. The quantitative estimate of drug-likeness (QED) is 0.708. The zero-order valence-corrected chi connectivity index (χ0v) is 13.4. The molecule has 0 unspecified atom stereocenters. The number of halogens is 2. The SMILES string of the molecule is Fc1cc(Br)ccc1Nc1ncnc2sc3c(c12)CCC3. The minimum absolute atomic E-state index is 0.303. The van der Waals surface area contributed by atoms with Crippen LogP contribution in [-0.2, 0) is 12.8 Å². The Labute approximate surface area is 133 Å². The zero-order chi connectivity index (χ0) is 14.4. The largest absolute Gasteiger partial charge is 0.337 e. The van der Waals surface area contributed by atoms with Crippen LogP contribution in [0.15, 0.2) is 29.0 Å². The molecule has 0 atom stereocenters. The molecule has 0 bridgehead atoms. The summed E-state index contributed by atoms with van der Waals surface area (Å²) in [6, 6.07) is 4.96. The number of aryl methyl sites for hydroxylation is 2. The first-order valence-electron chi connectivity index (χ1n) is 6.69. The first-order valence-corrected chi connectivity index (χ1v) is 8.30. The Balaban J connectivity index is 1.83. The number of thiophene rings is 1. The third-order valence-electron chi connectivity index (χ3n) is 3.69. The summed E-state index contributed by atoms with van der Waals surface area (Å²) in [4.78, 5) is 11.0. The van der Waals surface area contributed by atoms with Gasteiger partial charge in [-0.05, 0) is 43.0 Å². The highest BCUT2D eigenvalue weighted by Gasteiger charge is 2.21. The van der Waals surface area contributed by atoms with E-state index in [0.717, 1.165) is 27.5 Å². The van der Waals surface area contributed by atoms with Gasteiger partial charge in [-0.15, -0.1) is 11.3 Å². The van der Waals surface area contributed by atoms with E-state index in [1.54, 1.807) is 17.4 Å². The summed E-state index contributed by atoms with van der Waals surface area (Å²) in [6.07, 6.45) is 4.88. The number of rotatable bonds is 2. The number of benzene rings is 1. The highest BCUT2D eigenvalue weighted by Crippen LogP contribution is 2.39. The van der Waals surface area contributed by atoms with Gasteiger partial charge in [0.1, 0.15) is 22.8 Å². The summed E-state index contributed by atoms with van der Waals surface area (Å²) in [5, 5.41) is 4.17. The van der Waals surface area contributed by atoms with Crippen molar-refractivity contribution >= 4 is 49.0 Å².